The van der Waals surface area contributed by atoms with Crippen LogP contribution in [0.4, 0.5) is 0 Å². The summed E-state index contributed by atoms with van der Waals surface area (Å²) in [5, 5.41) is 7.44. The molecule has 4 heteroatoms. The number of hydrogen-bond donors (Lipinski definition) is 2. The lowest BCUT2D eigenvalue weighted by Gasteiger charge is -2.17. The molecule has 5 aliphatic rings. The molecule has 5 aliphatic heterocycles. The van der Waals surface area contributed by atoms with Crippen LogP contribution < -0.4 is 10.6 Å². The molecule has 0 aliphatic carbocycles. The molecule has 1 unspecified atom stereocenters. The Labute approximate surface area is 167 Å². The number of fused-ring (bicyclic) bond motifs is 6. The lowest BCUT2D eigenvalue weighted by atomic mass is 10.0. The van der Waals surface area contributed by atoms with Gasteiger partial charge in [-0.25, -0.2) is 0 Å². The molecule has 5 heterocycles. The van der Waals surface area contributed by atoms with E-state index < -0.39 is 0 Å². The molecule has 1 atom stereocenters. The first-order valence-electron chi connectivity index (χ1n) is 10.4. The third kappa shape index (κ3) is 2.74. The highest BCUT2D eigenvalue weighted by Gasteiger charge is 2.27. The maximum Gasteiger partial charge on any atom is 0.0686 e. The SMILES string of the molecule is C/C1=C2\CC/C(=C(\C)C3=N/C(=C(/C)C4CC=C(N4)/C(C)=C4C=C1C=N\4)CC3)N2. The number of rotatable bonds is 0. The fourth-order valence-electron chi connectivity index (χ4n) is 4.73. The summed E-state index contributed by atoms with van der Waals surface area (Å²) in [4.78, 5) is 9.79. The minimum Gasteiger partial charge on any atom is -0.378 e. The molecule has 0 aromatic carbocycles. The van der Waals surface area contributed by atoms with Gasteiger partial charge in [0, 0.05) is 34.7 Å². The van der Waals surface area contributed by atoms with E-state index in [2.05, 4.69) is 50.5 Å². The van der Waals surface area contributed by atoms with E-state index in [1.54, 1.807) is 0 Å². The summed E-state index contributed by atoms with van der Waals surface area (Å²) in [6.07, 6.45) is 11.8. The third-order valence-corrected chi connectivity index (χ3v) is 6.85. The molecule has 28 heavy (non-hydrogen) atoms. The summed E-state index contributed by atoms with van der Waals surface area (Å²) < 4.78 is 0. The maximum absolute atomic E-state index is 5.06. The first-order valence-corrected chi connectivity index (χ1v) is 10.4. The summed E-state index contributed by atoms with van der Waals surface area (Å²) in [5.74, 6) is 0. The molecule has 1 saturated heterocycles. The first kappa shape index (κ1) is 17.5. The second kappa shape index (κ2) is 6.47. The average Bonchev–Trinajstić information content (AvgIpc) is 3.49. The first-order chi connectivity index (χ1) is 13.5. The van der Waals surface area contributed by atoms with E-state index in [1.165, 1.54) is 56.4 Å². The maximum atomic E-state index is 5.06. The Balaban J connectivity index is 1.65. The number of aliphatic imine (C=N–C) groups is 2. The lowest BCUT2D eigenvalue weighted by molar-refractivity contribution is 0.686. The van der Waals surface area contributed by atoms with Crippen molar-refractivity contribution in [3.05, 3.63) is 68.5 Å². The number of nitrogens with zero attached hydrogens (tertiary/aromatic N) is 2. The molecule has 0 aromatic rings. The highest BCUT2D eigenvalue weighted by molar-refractivity contribution is 6.02. The van der Waals surface area contributed by atoms with Gasteiger partial charge in [0.15, 0.2) is 0 Å². The predicted molar refractivity (Wildman–Crippen MR) is 116 cm³/mol. The summed E-state index contributed by atoms with van der Waals surface area (Å²) in [6, 6.07) is 0.344. The molecule has 0 spiro atoms. The summed E-state index contributed by atoms with van der Waals surface area (Å²) >= 11 is 0. The number of nitrogens with one attached hydrogen (secondary N) is 2. The van der Waals surface area contributed by atoms with E-state index in [4.69, 9.17) is 9.98 Å². The van der Waals surface area contributed by atoms with Gasteiger partial charge >= 0.3 is 0 Å². The smallest absolute Gasteiger partial charge is 0.0686 e. The van der Waals surface area contributed by atoms with Crippen molar-refractivity contribution in [1.82, 2.24) is 10.6 Å². The van der Waals surface area contributed by atoms with Crippen LogP contribution in [0.2, 0.25) is 0 Å². The monoisotopic (exact) mass is 372 g/mol. The average molecular weight is 373 g/mol. The standard InChI is InChI=1S/C24H28N4/c1-13-17-11-24(25-12-17)16(4)23-10-9-22(28-23)15(3)21-8-7-20(27-21)14(2)19-6-5-18(13)26-19/h10-12,22,26,28H,5-9H2,1-4H3/b18-13-,19-14-,21-15-,24-16+. The summed E-state index contributed by atoms with van der Waals surface area (Å²) in [6.45, 7) is 8.86. The van der Waals surface area contributed by atoms with Crippen molar-refractivity contribution < 1.29 is 0 Å². The quantitative estimate of drug-likeness (QED) is 0.631. The molecule has 0 aromatic heterocycles. The molecule has 0 radical (unpaired) electrons. The highest BCUT2D eigenvalue weighted by Crippen LogP contribution is 2.34. The molecule has 144 valence electrons. The van der Waals surface area contributed by atoms with Gasteiger partial charge in [-0.2, -0.15) is 0 Å². The highest BCUT2D eigenvalue weighted by atomic mass is 15.0. The van der Waals surface area contributed by atoms with Crippen LogP contribution in [0.25, 0.3) is 0 Å². The molecular formula is C24H28N4. The predicted octanol–water partition coefficient (Wildman–Crippen LogP) is 4.97. The Hall–Kier alpha value is -2.62. The topological polar surface area (TPSA) is 48.8 Å². The van der Waals surface area contributed by atoms with E-state index in [0.29, 0.717) is 6.04 Å². The Morgan fingerprint density at radius 2 is 1.71 bits per heavy atom. The normalized spacial score (nSPS) is 37.0. The van der Waals surface area contributed by atoms with Crippen LogP contribution in [0.1, 0.15) is 59.8 Å². The van der Waals surface area contributed by atoms with Gasteiger partial charge in [-0.1, -0.05) is 6.08 Å². The second-order valence-corrected chi connectivity index (χ2v) is 8.44. The van der Waals surface area contributed by atoms with Gasteiger partial charge in [0.25, 0.3) is 0 Å². The molecular weight excluding hydrogens is 344 g/mol. The Kier molecular flexibility index (Phi) is 4.04. The van der Waals surface area contributed by atoms with Gasteiger partial charge in [-0.3, -0.25) is 9.98 Å². The minimum absolute atomic E-state index is 0.344. The number of hydrogen-bond acceptors (Lipinski definition) is 4. The van der Waals surface area contributed by atoms with E-state index >= 15 is 0 Å². The van der Waals surface area contributed by atoms with Crippen molar-refractivity contribution in [3.63, 3.8) is 0 Å². The van der Waals surface area contributed by atoms with Crippen molar-refractivity contribution in [2.75, 3.05) is 0 Å². The third-order valence-electron chi connectivity index (χ3n) is 6.85. The van der Waals surface area contributed by atoms with Crippen molar-refractivity contribution in [1.29, 1.82) is 0 Å². The molecule has 5 rings (SSSR count). The molecule has 4 nitrogen and oxygen atoms in total. The van der Waals surface area contributed by atoms with Gasteiger partial charge in [0.05, 0.1) is 11.7 Å². The van der Waals surface area contributed by atoms with Gasteiger partial charge in [0.1, 0.15) is 0 Å². The van der Waals surface area contributed by atoms with Gasteiger partial charge in [0.2, 0.25) is 0 Å². The van der Waals surface area contributed by atoms with Gasteiger partial charge in [-0.05, 0) is 93.7 Å². The number of allylic oxidation sites excluding steroid dienone is 8. The van der Waals surface area contributed by atoms with E-state index in [0.717, 1.165) is 37.8 Å². The van der Waals surface area contributed by atoms with E-state index in [1.807, 2.05) is 6.21 Å². The zero-order valence-corrected chi connectivity index (χ0v) is 17.2. The van der Waals surface area contributed by atoms with E-state index in [-0.39, 0.29) is 0 Å². The van der Waals surface area contributed by atoms with Crippen LogP contribution in [0.3, 0.4) is 0 Å². The second-order valence-electron chi connectivity index (χ2n) is 8.44. The van der Waals surface area contributed by atoms with E-state index in [9.17, 15) is 0 Å². The van der Waals surface area contributed by atoms with Crippen molar-refractivity contribution in [2.24, 2.45) is 9.98 Å². The zero-order valence-electron chi connectivity index (χ0n) is 17.2. The van der Waals surface area contributed by atoms with Gasteiger partial charge in [-0.15, -0.1) is 0 Å². The minimum atomic E-state index is 0.344. The van der Waals surface area contributed by atoms with Crippen molar-refractivity contribution in [2.45, 2.75) is 65.8 Å². The fourth-order valence-corrected chi connectivity index (χ4v) is 4.73. The lowest BCUT2D eigenvalue weighted by Crippen LogP contribution is -2.25. The van der Waals surface area contributed by atoms with Crippen molar-refractivity contribution in [3.8, 4) is 0 Å². The summed E-state index contributed by atoms with van der Waals surface area (Å²) in [7, 11) is 0. The van der Waals surface area contributed by atoms with Crippen LogP contribution in [-0.4, -0.2) is 18.0 Å². The van der Waals surface area contributed by atoms with Crippen LogP contribution in [0, 0.1) is 0 Å². The fraction of sp³-hybridized carbons (Fsp3) is 0.417. The zero-order chi connectivity index (χ0) is 19.4. The Morgan fingerprint density at radius 3 is 2.54 bits per heavy atom. The van der Waals surface area contributed by atoms with Crippen LogP contribution >= 0.6 is 0 Å². The molecule has 0 saturated carbocycles. The van der Waals surface area contributed by atoms with Crippen LogP contribution in [0.15, 0.2) is 78.5 Å². The Morgan fingerprint density at radius 1 is 0.929 bits per heavy atom. The Bertz CT molecular complexity index is 1020. The summed E-state index contributed by atoms with van der Waals surface area (Å²) in [5.41, 5.74) is 13.9. The molecule has 8 bridgehead atoms. The van der Waals surface area contributed by atoms with Crippen LogP contribution in [-0.2, 0) is 0 Å². The molecule has 0 amide bonds. The van der Waals surface area contributed by atoms with Gasteiger partial charge < -0.3 is 10.6 Å². The largest absolute Gasteiger partial charge is 0.378 e. The molecule has 2 N–H and O–H groups in total. The molecule has 1 fully saturated rings. The van der Waals surface area contributed by atoms with Crippen LogP contribution in [0.5, 0.6) is 0 Å². The van der Waals surface area contributed by atoms with Crippen molar-refractivity contribution >= 4 is 11.9 Å².